The topological polar surface area (TPSA) is 184 Å². The summed E-state index contributed by atoms with van der Waals surface area (Å²) >= 11 is 0. The minimum absolute atomic E-state index is 0.118. The van der Waals surface area contributed by atoms with Crippen LogP contribution >= 0.6 is 0 Å². The number of imide groups is 1. The fraction of sp³-hybridized carbons (Fsp3) is 0.362. The number of hydrogen-bond acceptors (Lipinski definition) is 13. The second-order valence-corrected chi connectivity index (χ2v) is 19.5. The number of carbonyl (C=O) groups is 5. The SMILES string of the molecule is COC(=O)[C@@H](NC(=O)N1C(=O)[C@@]2(c3cc(C#CC4=CCCCC4)ccc31)[C@H](c1ccccc1OCCO)N1[C@H](c3ccccc3)[C@H](c3ccccc3)OC(=O)[C@H]1[C@@H]2C(=O)N1CCN(c2ncccn2)CC1)C(C)C. The molecule has 0 bridgehead atoms. The Morgan fingerprint density at radius 2 is 1.55 bits per heavy atom. The van der Waals surface area contributed by atoms with E-state index in [4.69, 9.17) is 14.2 Å². The van der Waals surface area contributed by atoms with Gasteiger partial charge in [-0.2, -0.15) is 0 Å². The number of esters is 2. The molecular formula is C58H59N7O9. The number of aliphatic hydroxyl groups is 1. The molecule has 3 saturated heterocycles. The van der Waals surface area contributed by atoms with Gasteiger partial charge in [0.2, 0.25) is 17.8 Å². The molecule has 4 aliphatic heterocycles. The second kappa shape index (κ2) is 21.3. The first kappa shape index (κ1) is 49.7. The standard InChI is InChI=1S/C58H59N7O9/c1-37(2)47(53(68)72-3)61-57(71)64-44-27-26-39(25-24-38-16-7-4-8-17-38)36-43(44)58(55(64)70)46(52(67)62-30-32-63(33-31-62)56-59-28-15-29-60-56)49-54(69)74-50(41-20-11-6-12-21-41)48(40-18-9-5-10-19-40)65(49)51(58)42-22-13-14-23-45(42)73-35-34-66/h5-6,9-16,18-23,26-29,36-37,46-51,66H,4,7-8,17,30-35H2,1-3H3,(H,61,71)/t46-,47+,48-,49-,50+,51+,58-/m1/s1. The van der Waals surface area contributed by atoms with Gasteiger partial charge in [-0.1, -0.05) is 111 Å². The molecule has 16 nitrogen and oxygen atoms in total. The molecular weight excluding hydrogens is 939 g/mol. The van der Waals surface area contributed by atoms with Gasteiger partial charge in [-0.05, 0) is 84.2 Å². The van der Waals surface area contributed by atoms with E-state index in [2.05, 4.69) is 33.2 Å². The minimum Gasteiger partial charge on any atom is -0.491 e. The van der Waals surface area contributed by atoms with Gasteiger partial charge in [0.25, 0.3) is 0 Å². The first-order valence-corrected chi connectivity index (χ1v) is 25.4. The third-order valence-corrected chi connectivity index (χ3v) is 15.0. The average molecular weight is 998 g/mol. The van der Waals surface area contributed by atoms with Crippen molar-refractivity contribution in [2.75, 3.05) is 56.3 Å². The molecule has 3 fully saturated rings. The van der Waals surface area contributed by atoms with Crippen molar-refractivity contribution in [3.05, 3.63) is 161 Å². The molecule has 0 unspecified atom stereocenters. The maximum absolute atomic E-state index is 17.0. The van der Waals surface area contributed by atoms with Gasteiger partial charge in [0.15, 0.2) is 0 Å². The van der Waals surface area contributed by atoms with Crippen molar-refractivity contribution in [2.45, 2.75) is 75.2 Å². The summed E-state index contributed by atoms with van der Waals surface area (Å²) in [5, 5.41) is 13.0. The van der Waals surface area contributed by atoms with Crippen LogP contribution in [0.3, 0.4) is 0 Å². The molecule has 1 aliphatic carbocycles. The fourth-order valence-electron chi connectivity index (χ4n) is 11.6. The lowest BCUT2D eigenvalue weighted by Crippen LogP contribution is -2.60. The Kier molecular flexibility index (Phi) is 14.3. The van der Waals surface area contributed by atoms with Gasteiger partial charge in [-0.15, -0.1) is 0 Å². The van der Waals surface area contributed by atoms with E-state index in [-0.39, 0.29) is 37.6 Å². The number of amides is 4. The smallest absolute Gasteiger partial charge is 0.329 e. The van der Waals surface area contributed by atoms with E-state index in [1.807, 2.05) is 76.5 Å². The summed E-state index contributed by atoms with van der Waals surface area (Å²) < 4.78 is 18.2. The first-order valence-electron chi connectivity index (χ1n) is 25.4. The van der Waals surface area contributed by atoms with Crippen LogP contribution in [0, 0.1) is 23.7 Å². The highest BCUT2D eigenvalue weighted by Crippen LogP contribution is 2.67. The summed E-state index contributed by atoms with van der Waals surface area (Å²) in [7, 11) is 1.23. The van der Waals surface area contributed by atoms with Crippen LogP contribution in [0.25, 0.3) is 0 Å². The highest BCUT2D eigenvalue weighted by atomic mass is 16.6. The van der Waals surface area contributed by atoms with Crippen molar-refractivity contribution in [2.24, 2.45) is 11.8 Å². The highest BCUT2D eigenvalue weighted by Gasteiger charge is 2.76. The molecule has 4 amide bonds. The fourth-order valence-corrected chi connectivity index (χ4v) is 11.6. The number of nitrogens with one attached hydrogen (secondary N) is 1. The van der Waals surface area contributed by atoms with Crippen molar-refractivity contribution < 1.29 is 43.3 Å². The van der Waals surface area contributed by atoms with Crippen LogP contribution in [0.15, 0.2) is 133 Å². The van der Waals surface area contributed by atoms with Crippen LogP contribution in [0.1, 0.15) is 85.5 Å². The van der Waals surface area contributed by atoms with Crippen molar-refractivity contribution in [1.29, 1.82) is 0 Å². The summed E-state index contributed by atoms with van der Waals surface area (Å²) in [6.07, 6.45) is 8.30. The van der Waals surface area contributed by atoms with E-state index in [0.717, 1.165) is 41.7 Å². The Morgan fingerprint density at radius 1 is 0.851 bits per heavy atom. The van der Waals surface area contributed by atoms with Gasteiger partial charge in [-0.25, -0.2) is 24.5 Å². The summed E-state index contributed by atoms with van der Waals surface area (Å²) in [5.41, 5.74) is 1.65. The number of allylic oxidation sites excluding steroid dienone is 2. The number of nitrogens with zero attached hydrogens (tertiary/aromatic N) is 6. The van der Waals surface area contributed by atoms with E-state index in [1.165, 1.54) is 7.11 Å². The Balaban J connectivity index is 1.26. The van der Waals surface area contributed by atoms with Crippen LogP contribution in [0.4, 0.5) is 16.4 Å². The molecule has 0 radical (unpaired) electrons. The van der Waals surface area contributed by atoms with Crippen molar-refractivity contribution in [1.82, 2.24) is 25.1 Å². The summed E-state index contributed by atoms with van der Waals surface area (Å²) in [6.45, 7) is 4.10. The molecule has 2 N–H and O–H groups in total. The maximum atomic E-state index is 17.0. The Bertz CT molecular complexity index is 3010. The van der Waals surface area contributed by atoms with Crippen LogP contribution in [-0.4, -0.2) is 113 Å². The minimum atomic E-state index is -2.12. The summed E-state index contributed by atoms with van der Waals surface area (Å²) in [4.78, 5) is 93.4. The number of cyclic esters (lactones) is 1. The van der Waals surface area contributed by atoms with E-state index in [0.29, 0.717) is 41.5 Å². The zero-order valence-corrected chi connectivity index (χ0v) is 41.6. The van der Waals surface area contributed by atoms with Crippen LogP contribution in [-0.2, 0) is 34.1 Å². The summed E-state index contributed by atoms with van der Waals surface area (Å²) in [5.74, 6) is 2.74. The molecule has 4 aromatic carbocycles. The number of piperazine rings is 1. The number of methoxy groups -OCH3 is 1. The molecule has 5 aliphatic rings. The quantitative estimate of drug-likeness (QED) is 0.106. The molecule has 10 rings (SSSR count). The van der Waals surface area contributed by atoms with Gasteiger partial charge < -0.3 is 34.4 Å². The van der Waals surface area contributed by atoms with E-state index in [9.17, 15) is 9.90 Å². The van der Waals surface area contributed by atoms with Crippen molar-refractivity contribution in [3.8, 4) is 17.6 Å². The van der Waals surface area contributed by atoms with Gasteiger partial charge in [0.05, 0.1) is 37.4 Å². The number of benzene rings is 4. The Morgan fingerprint density at radius 3 is 2.23 bits per heavy atom. The Hall–Kier alpha value is -7.87. The molecule has 380 valence electrons. The molecule has 5 heterocycles. The maximum Gasteiger partial charge on any atom is 0.329 e. The lowest BCUT2D eigenvalue weighted by molar-refractivity contribution is -0.179. The zero-order chi connectivity index (χ0) is 51.5. The van der Waals surface area contributed by atoms with Gasteiger partial charge in [0.1, 0.15) is 36.0 Å². The third kappa shape index (κ3) is 8.93. The van der Waals surface area contributed by atoms with Crippen LogP contribution in [0.5, 0.6) is 5.75 Å². The molecule has 1 aromatic heterocycles. The monoisotopic (exact) mass is 997 g/mol. The normalized spacial score (nSPS) is 23.8. The number of carbonyl (C=O) groups excluding carboxylic acids is 5. The third-order valence-electron chi connectivity index (χ3n) is 15.0. The predicted octanol–water partition coefficient (Wildman–Crippen LogP) is 6.62. The number of hydrogen-bond donors (Lipinski definition) is 2. The number of anilines is 2. The number of ether oxygens (including phenoxy) is 3. The molecule has 7 atom stereocenters. The molecule has 0 saturated carbocycles. The van der Waals surface area contributed by atoms with Crippen LogP contribution < -0.4 is 19.9 Å². The molecule has 74 heavy (non-hydrogen) atoms. The molecule has 1 spiro atoms. The first-order chi connectivity index (χ1) is 36.1. The van der Waals surface area contributed by atoms with Gasteiger partial charge >= 0.3 is 18.0 Å². The number of fused-ring (bicyclic) bond motifs is 3. The van der Waals surface area contributed by atoms with Crippen molar-refractivity contribution in [3.63, 3.8) is 0 Å². The van der Waals surface area contributed by atoms with Crippen LogP contribution in [0.2, 0.25) is 0 Å². The lowest BCUT2D eigenvalue weighted by atomic mass is 9.64. The molecule has 16 heteroatoms. The number of morpholine rings is 1. The highest BCUT2D eigenvalue weighted by molar-refractivity contribution is 6.25. The zero-order valence-electron chi connectivity index (χ0n) is 41.6. The lowest BCUT2D eigenvalue weighted by Gasteiger charge is -2.46. The van der Waals surface area contributed by atoms with Crippen molar-refractivity contribution >= 4 is 41.4 Å². The number of urea groups is 1. The second-order valence-electron chi connectivity index (χ2n) is 19.5. The summed E-state index contributed by atoms with van der Waals surface area (Å²) in [6, 6.07) is 27.3. The van der Waals surface area contributed by atoms with E-state index in [1.54, 1.807) is 73.6 Å². The average Bonchev–Trinajstić information content (AvgIpc) is 3.98. The predicted molar refractivity (Wildman–Crippen MR) is 274 cm³/mol. The number of para-hydroxylation sites is 1. The van der Waals surface area contributed by atoms with E-state index < -0.39 is 77.3 Å². The van der Waals surface area contributed by atoms with Gasteiger partial charge in [0, 0.05) is 49.7 Å². The van der Waals surface area contributed by atoms with E-state index >= 15 is 19.2 Å². The largest absolute Gasteiger partial charge is 0.491 e. The Labute approximate surface area is 430 Å². The van der Waals surface area contributed by atoms with Gasteiger partial charge in [-0.3, -0.25) is 19.3 Å². The molecule has 5 aromatic rings. The number of aliphatic hydroxyl groups excluding tert-OH is 1. The number of rotatable bonds is 11. The number of aromatic nitrogens is 2.